The number of hydrogen-bond donors (Lipinski definition) is 2. The molecule has 1 aliphatic heterocycles. The van der Waals surface area contributed by atoms with Crippen molar-refractivity contribution in [2.45, 2.75) is 25.5 Å². The first kappa shape index (κ1) is 28.0. The average molecular weight is 549 g/mol. The Morgan fingerprint density at radius 1 is 1.00 bits per heavy atom. The van der Waals surface area contributed by atoms with Gasteiger partial charge in [0, 0.05) is 11.1 Å². The normalized spacial score (nSPS) is 14.7. The molecule has 0 radical (unpaired) electrons. The average Bonchev–Trinajstić information content (AvgIpc) is 2.97. The maximum atomic E-state index is 13.4. The van der Waals surface area contributed by atoms with Crippen molar-refractivity contribution in [3.8, 4) is 22.6 Å². The van der Waals surface area contributed by atoms with Crippen molar-refractivity contribution in [2.24, 2.45) is 0 Å². The SMILES string of the molecule is COC(=O)[C@H](CCSC)NC(=O)c1ccc(C(=O)NC[C@@H]2COc3ccccc3O2)cc1-c1ccccc1C. The maximum absolute atomic E-state index is 13.4. The summed E-state index contributed by atoms with van der Waals surface area (Å²) in [6.45, 7) is 2.52. The molecule has 2 atom stereocenters. The van der Waals surface area contributed by atoms with E-state index in [2.05, 4.69) is 10.6 Å². The summed E-state index contributed by atoms with van der Waals surface area (Å²) < 4.78 is 16.6. The van der Waals surface area contributed by atoms with E-state index in [1.807, 2.05) is 61.7 Å². The second kappa shape index (κ2) is 13.2. The van der Waals surface area contributed by atoms with Gasteiger partial charge < -0.3 is 24.8 Å². The largest absolute Gasteiger partial charge is 0.486 e. The summed E-state index contributed by atoms with van der Waals surface area (Å²) in [4.78, 5) is 38.8. The van der Waals surface area contributed by atoms with E-state index in [1.165, 1.54) is 7.11 Å². The maximum Gasteiger partial charge on any atom is 0.328 e. The van der Waals surface area contributed by atoms with E-state index in [4.69, 9.17) is 14.2 Å². The monoisotopic (exact) mass is 548 g/mol. The van der Waals surface area contributed by atoms with Crippen molar-refractivity contribution >= 4 is 29.5 Å². The molecular weight excluding hydrogens is 516 g/mol. The van der Waals surface area contributed by atoms with Crippen molar-refractivity contribution in [2.75, 3.05) is 32.3 Å². The lowest BCUT2D eigenvalue weighted by Gasteiger charge is -2.26. The Kier molecular flexibility index (Phi) is 9.49. The topological polar surface area (TPSA) is 103 Å². The molecule has 204 valence electrons. The highest BCUT2D eigenvalue weighted by atomic mass is 32.2. The van der Waals surface area contributed by atoms with Gasteiger partial charge in [-0.05, 0) is 72.4 Å². The van der Waals surface area contributed by atoms with E-state index in [-0.39, 0.29) is 18.6 Å². The highest BCUT2D eigenvalue weighted by molar-refractivity contribution is 7.98. The van der Waals surface area contributed by atoms with Gasteiger partial charge in [-0.2, -0.15) is 11.8 Å². The number of thioether (sulfide) groups is 1. The summed E-state index contributed by atoms with van der Waals surface area (Å²) >= 11 is 1.58. The van der Waals surface area contributed by atoms with Gasteiger partial charge in [0.15, 0.2) is 11.5 Å². The first-order valence-corrected chi connectivity index (χ1v) is 14.0. The molecule has 0 saturated heterocycles. The van der Waals surface area contributed by atoms with Crippen LogP contribution in [0.25, 0.3) is 11.1 Å². The number of hydrogen-bond acceptors (Lipinski definition) is 7. The molecule has 8 nitrogen and oxygen atoms in total. The highest BCUT2D eigenvalue weighted by Crippen LogP contribution is 2.31. The molecule has 0 unspecified atom stereocenters. The zero-order valence-corrected chi connectivity index (χ0v) is 23.0. The van der Waals surface area contributed by atoms with E-state index >= 15 is 0 Å². The number of rotatable bonds is 10. The van der Waals surface area contributed by atoms with E-state index < -0.39 is 17.9 Å². The lowest BCUT2D eigenvalue weighted by Crippen LogP contribution is -2.42. The minimum atomic E-state index is -0.773. The molecule has 39 heavy (non-hydrogen) atoms. The second-order valence-corrected chi connectivity index (χ2v) is 10.1. The van der Waals surface area contributed by atoms with Crippen LogP contribution in [0.3, 0.4) is 0 Å². The fraction of sp³-hybridized carbons (Fsp3) is 0.300. The van der Waals surface area contributed by atoms with Gasteiger partial charge in [0.1, 0.15) is 18.8 Å². The molecule has 1 heterocycles. The molecule has 0 spiro atoms. The van der Waals surface area contributed by atoms with Crippen LogP contribution >= 0.6 is 11.8 Å². The van der Waals surface area contributed by atoms with Crippen LogP contribution in [0.5, 0.6) is 11.5 Å². The summed E-state index contributed by atoms with van der Waals surface area (Å²) in [7, 11) is 1.30. The van der Waals surface area contributed by atoms with Crippen LogP contribution < -0.4 is 20.1 Å². The number of para-hydroxylation sites is 2. The van der Waals surface area contributed by atoms with Gasteiger partial charge in [-0.25, -0.2) is 4.79 Å². The number of aryl methyl sites for hydroxylation is 1. The smallest absolute Gasteiger partial charge is 0.328 e. The third kappa shape index (κ3) is 6.92. The molecule has 4 rings (SSSR count). The van der Waals surface area contributed by atoms with Crippen LogP contribution in [0.1, 0.15) is 32.7 Å². The van der Waals surface area contributed by atoms with Crippen molar-refractivity contribution in [3.63, 3.8) is 0 Å². The lowest BCUT2D eigenvalue weighted by atomic mass is 9.93. The quantitative estimate of drug-likeness (QED) is 0.365. The Morgan fingerprint density at radius 3 is 2.49 bits per heavy atom. The fourth-order valence-electron chi connectivity index (χ4n) is 4.32. The Balaban J connectivity index is 1.55. The molecule has 3 aromatic rings. The number of methoxy groups -OCH3 is 1. The number of ether oxygens (including phenoxy) is 3. The van der Waals surface area contributed by atoms with Gasteiger partial charge in [0.05, 0.1) is 13.7 Å². The van der Waals surface area contributed by atoms with Crippen LogP contribution in [0.4, 0.5) is 0 Å². The molecule has 0 bridgehead atoms. The number of amides is 2. The summed E-state index contributed by atoms with van der Waals surface area (Å²) in [6.07, 6.45) is 2.04. The number of esters is 1. The van der Waals surface area contributed by atoms with E-state index in [0.29, 0.717) is 47.0 Å². The molecule has 9 heteroatoms. The Labute approximate surface area is 232 Å². The van der Waals surface area contributed by atoms with Crippen LogP contribution in [0.2, 0.25) is 0 Å². The van der Waals surface area contributed by atoms with Gasteiger partial charge in [0.25, 0.3) is 11.8 Å². The van der Waals surface area contributed by atoms with E-state index in [9.17, 15) is 14.4 Å². The number of fused-ring (bicyclic) bond motifs is 1. The van der Waals surface area contributed by atoms with Crippen molar-refractivity contribution in [1.29, 1.82) is 0 Å². The van der Waals surface area contributed by atoms with E-state index in [0.717, 1.165) is 11.1 Å². The molecule has 2 N–H and O–H groups in total. The van der Waals surface area contributed by atoms with Gasteiger partial charge in [-0.1, -0.05) is 36.4 Å². The number of benzene rings is 3. The standard InChI is InChI=1S/C30H32N2O6S/c1-19-8-4-5-9-22(19)24-16-20(12-13-23(24)29(34)32-25(14-15-39-3)30(35)36-2)28(33)31-17-21-18-37-26-10-6-7-11-27(26)38-21/h4-13,16,21,25H,14-15,17-18H2,1-3H3,(H,31,33)(H,32,34)/t21-,25+/m1/s1. The molecule has 0 fully saturated rings. The molecule has 1 aliphatic rings. The van der Waals surface area contributed by atoms with Gasteiger partial charge in [-0.3, -0.25) is 9.59 Å². The third-order valence-corrected chi connectivity index (χ3v) is 7.07. The molecule has 0 saturated carbocycles. The van der Waals surface area contributed by atoms with Crippen LogP contribution in [-0.2, 0) is 9.53 Å². The van der Waals surface area contributed by atoms with Crippen LogP contribution in [0.15, 0.2) is 66.7 Å². The first-order valence-electron chi connectivity index (χ1n) is 12.7. The molecule has 0 aromatic heterocycles. The summed E-state index contributed by atoms with van der Waals surface area (Å²) in [5.74, 6) is 0.797. The van der Waals surface area contributed by atoms with Gasteiger partial charge in [-0.15, -0.1) is 0 Å². The lowest BCUT2D eigenvalue weighted by molar-refractivity contribution is -0.142. The molecular formula is C30H32N2O6S. The Hall–Kier alpha value is -3.98. The zero-order valence-electron chi connectivity index (χ0n) is 22.2. The minimum absolute atomic E-state index is 0.255. The summed E-state index contributed by atoms with van der Waals surface area (Å²) in [5, 5.41) is 5.73. The molecule has 2 amide bonds. The molecule has 3 aromatic carbocycles. The molecule has 0 aliphatic carbocycles. The predicted octanol–water partition coefficient (Wildman–Crippen LogP) is 4.26. The van der Waals surface area contributed by atoms with Gasteiger partial charge >= 0.3 is 5.97 Å². The number of carbonyl (C=O) groups excluding carboxylic acids is 3. The number of nitrogens with one attached hydrogen (secondary N) is 2. The van der Waals surface area contributed by atoms with E-state index in [1.54, 1.807) is 30.0 Å². The van der Waals surface area contributed by atoms with Crippen molar-refractivity contribution < 1.29 is 28.6 Å². The van der Waals surface area contributed by atoms with Gasteiger partial charge in [0.2, 0.25) is 0 Å². The second-order valence-electron chi connectivity index (χ2n) is 9.11. The summed E-state index contributed by atoms with van der Waals surface area (Å²) in [5.41, 5.74) is 3.12. The first-order chi connectivity index (χ1) is 18.9. The minimum Gasteiger partial charge on any atom is -0.486 e. The Morgan fingerprint density at radius 2 is 1.74 bits per heavy atom. The fourth-order valence-corrected chi connectivity index (χ4v) is 4.79. The highest BCUT2D eigenvalue weighted by Gasteiger charge is 2.25. The number of carbonyl (C=O) groups is 3. The predicted molar refractivity (Wildman–Crippen MR) is 152 cm³/mol. The van der Waals surface area contributed by atoms with Crippen LogP contribution in [0, 0.1) is 6.92 Å². The summed E-state index contributed by atoms with van der Waals surface area (Å²) in [6, 6.07) is 19.2. The van der Waals surface area contributed by atoms with Crippen molar-refractivity contribution in [3.05, 3.63) is 83.4 Å². The van der Waals surface area contributed by atoms with Crippen LogP contribution in [-0.4, -0.2) is 62.2 Å². The third-order valence-electron chi connectivity index (χ3n) is 6.42. The van der Waals surface area contributed by atoms with Crippen molar-refractivity contribution in [1.82, 2.24) is 10.6 Å². The Bertz CT molecular complexity index is 1340. The zero-order chi connectivity index (χ0) is 27.8.